The molecule has 1 saturated heterocycles. The van der Waals surface area contributed by atoms with Gasteiger partial charge in [-0.1, -0.05) is 19.9 Å². The topological polar surface area (TPSA) is 87.2 Å². The summed E-state index contributed by atoms with van der Waals surface area (Å²) in [6.45, 7) is 4.90. The highest BCUT2D eigenvalue weighted by molar-refractivity contribution is 5.96. The van der Waals surface area contributed by atoms with E-state index in [-0.39, 0.29) is 28.0 Å². The summed E-state index contributed by atoms with van der Waals surface area (Å²) in [5.41, 5.74) is -0.842. The molecule has 0 N–H and O–H groups in total. The Kier molecular flexibility index (Phi) is 2.74. The van der Waals surface area contributed by atoms with Crippen molar-refractivity contribution < 1.29 is 9.72 Å². The van der Waals surface area contributed by atoms with E-state index in [0.29, 0.717) is 12.5 Å². The van der Waals surface area contributed by atoms with Crippen molar-refractivity contribution in [3.8, 4) is 6.07 Å². The van der Waals surface area contributed by atoms with E-state index in [1.165, 1.54) is 18.2 Å². The average Bonchev–Trinajstić information content (AvgIpc) is 3.03. The van der Waals surface area contributed by atoms with Crippen molar-refractivity contribution in [3.63, 3.8) is 0 Å². The fraction of sp³-hybridized carbons (Fsp3) is 0.556. The van der Waals surface area contributed by atoms with Crippen molar-refractivity contribution in [2.45, 2.75) is 38.6 Å². The Morgan fingerprint density at radius 2 is 2.21 bits per heavy atom. The van der Waals surface area contributed by atoms with E-state index in [9.17, 15) is 20.2 Å². The number of benzene rings is 1. The number of nitro benzene ring substituents is 1. The third-order valence-electron chi connectivity index (χ3n) is 7.29. The number of amides is 1. The lowest BCUT2D eigenvalue weighted by atomic mass is 9.66. The first-order valence-electron chi connectivity index (χ1n) is 8.27. The summed E-state index contributed by atoms with van der Waals surface area (Å²) in [5, 5.41) is 21.0. The first kappa shape index (κ1) is 15.1. The standard InChI is InChI=1S/C18H19N3O3/c1-16-11-20(15(22)12-4-3-5-14(8-12)21(23)24)18(10-19)9-13(16)6-7-17(16,18)2/h3-5,8,13H,6-7,9,11H2,1-2H3/t13-,16+,17+,18+/m1/s1. The summed E-state index contributed by atoms with van der Waals surface area (Å²) in [7, 11) is 0. The fourth-order valence-corrected chi connectivity index (χ4v) is 5.66. The van der Waals surface area contributed by atoms with Crippen LogP contribution in [-0.2, 0) is 0 Å². The lowest BCUT2D eigenvalue weighted by Gasteiger charge is -2.43. The molecule has 0 radical (unpaired) electrons. The Balaban J connectivity index is 1.77. The van der Waals surface area contributed by atoms with Crippen molar-refractivity contribution in [2.24, 2.45) is 16.7 Å². The molecule has 1 aromatic rings. The molecule has 0 unspecified atom stereocenters. The average molecular weight is 325 g/mol. The molecule has 2 saturated carbocycles. The number of carbonyl (C=O) groups excluding carboxylic acids is 1. The van der Waals surface area contributed by atoms with Crippen molar-refractivity contribution in [1.29, 1.82) is 5.26 Å². The third kappa shape index (κ3) is 1.44. The Hall–Kier alpha value is -2.42. The highest BCUT2D eigenvalue weighted by Gasteiger charge is 2.78. The molecular weight excluding hydrogens is 306 g/mol. The lowest BCUT2D eigenvalue weighted by molar-refractivity contribution is -0.384. The van der Waals surface area contributed by atoms with Crippen molar-refractivity contribution in [1.82, 2.24) is 4.90 Å². The van der Waals surface area contributed by atoms with Crippen LogP contribution in [0.3, 0.4) is 0 Å². The number of nitriles is 1. The summed E-state index contributed by atoms with van der Waals surface area (Å²) >= 11 is 0. The maximum Gasteiger partial charge on any atom is 0.270 e. The van der Waals surface area contributed by atoms with Crippen LogP contribution in [0.5, 0.6) is 0 Å². The minimum Gasteiger partial charge on any atom is -0.319 e. The molecule has 6 heteroatoms. The molecule has 124 valence electrons. The van der Waals surface area contributed by atoms with Gasteiger partial charge in [0.15, 0.2) is 0 Å². The number of hydrogen-bond donors (Lipinski definition) is 0. The Labute approximate surface area is 140 Å². The highest BCUT2D eigenvalue weighted by atomic mass is 16.6. The SMILES string of the molecule is C[C@@]12CC[C@@H]3C[C@@]1(C#N)N(C(=O)c1cccc([N+](=O)[O-])c1)C[C@@]32C. The van der Waals surface area contributed by atoms with Gasteiger partial charge < -0.3 is 4.90 Å². The predicted molar refractivity (Wildman–Crippen MR) is 86.0 cm³/mol. The predicted octanol–water partition coefficient (Wildman–Crippen LogP) is 3.14. The number of non-ortho nitro benzene ring substituents is 1. The smallest absolute Gasteiger partial charge is 0.270 e. The molecule has 6 nitrogen and oxygen atoms in total. The number of carbonyl (C=O) groups is 1. The number of hydrogen-bond acceptors (Lipinski definition) is 4. The summed E-state index contributed by atoms with van der Waals surface area (Å²) in [5.74, 6) is 0.215. The number of piperidine rings is 1. The maximum atomic E-state index is 13.1. The van der Waals surface area contributed by atoms with Crippen LogP contribution >= 0.6 is 0 Å². The second-order valence-electron chi connectivity index (χ2n) is 7.86. The molecule has 3 fully saturated rings. The van der Waals surface area contributed by atoms with Gasteiger partial charge in [0.05, 0.1) is 11.0 Å². The zero-order valence-electron chi connectivity index (χ0n) is 13.8. The molecule has 0 spiro atoms. The summed E-state index contributed by atoms with van der Waals surface area (Å²) in [4.78, 5) is 25.3. The van der Waals surface area contributed by atoms with Crippen LogP contribution in [-0.4, -0.2) is 27.8 Å². The van der Waals surface area contributed by atoms with Crippen LogP contribution in [0.2, 0.25) is 0 Å². The van der Waals surface area contributed by atoms with Crippen LogP contribution in [0.25, 0.3) is 0 Å². The Morgan fingerprint density at radius 3 is 2.83 bits per heavy atom. The molecule has 1 aliphatic heterocycles. The fourth-order valence-electron chi connectivity index (χ4n) is 5.66. The Morgan fingerprint density at radius 1 is 1.46 bits per heavy atom. The minimum absolute atomic E-state index is 0.0426. The molecule has 4 bridgehead atoms. The van der Waals surface area contributed by atoms with Gasteiger partial charge >= 0.3 is 0 Å². The third-order valence-corrected chi connectivity index (χ3v) is 7.29. The van der Waals surface area contributed by atoms with E-state index in [4.69, 9.17) is 0 Å². The van der Waals surface area contributed by atoms with Crippen LogP contribution in [0.15, 0.2) is 24.3 Å². The number of nitrogens with zero attached hydrogens (tertiary/aromatic N) is 3. The zero-order chi connectivity index (χ0) is 17.3. The first-order valence-corrected chi connectivity index (χ1v) is 8.27. The monoisotopic (exact) mass is 325 g/mol. The van der Waals surface area contributed by atoms with Gasteiger partial charge in [-0.2, -0.15) is 5.26 Å². The van der Waals surface area contributed by atoms with Crippen molar-refractivity contribution >= 4 is 11.6 Å². The maximum absolute atomic E-state index is 13.1. The van der Waals surface area contributed by atoms with Gasteiger partial charge in [0.25, 0.3) is 11.6 Å². The molecule has 1 aromatic carbocycles. The first-order chi connectivity index (χ1) is 11.3. The van der Waals surface area contributed by atoms with Crippen LogP contribution in [0.1, 0.15) is 43.5 Å². The van der Waals surface area contributed by atoms with Gasteiger partial charge in [0, 0.05) is 29.7 Å². The highest BCUT2D eigenvalue weighted by Crippen LogP contribution is 2.75. The molecule has 4 atom stereocenters. The van der Waals surface area contributed by atoms with Gasteiger partial charge in [-0.15, -0.1) is 0 Å². The summed E-state index contributed by atoms with van der Waals surface area (Å²) < 4.78 is 0. The van der Waals surface area contributed by atoms with Gasteiger partial charge in [-0.05, 0) is 36.7 Å². The lowest BCUT2D eigenvalue weighted by Crippen LogP contribution is -2.54. The van der Waals surface area contributed by atoms with E-state index in [2.05, 4.69) is 19.9 Å². The quantitative estimate of drug-likeness (QED) is 0.617. The van der Waals surface area contributed by atoms with E-state index in [0.717, 1.165) is 19.3 Å². The molecule has 24 heavy (non-hydrogen) atoms. The Bertz CT molecular complexity index is 816. The van der Waals surface area contributed by atoms with E-state index in [1.54, 1.807) is 11.0 Å². The van der Waals surface area contributed by atoms with E-state index < -0.39 is 10.5 Å². The molecule has 0 aromatic heterocycles. The van der Waals surface area contributed by atoms with Crippen LogP contribution < -0.4 is 0 Å². The summed E-state index contributed by atoms with van der Waals surface area (Å²) in [6.07, 6.45) is 2.80. The number of rotatable bonds is 2. The van der Waals surface area contributed by atoms with Gasteiger partial charge in [-0.3, -0.25) is 14.9 Å². The van der Waals surface area contributed by atoms with Gasteiger partial charge in [0.2, 0.25) is 0 Å². The van der Waals surface area contributed by atoms with E-state index in [1.807, 2.05) is 0 Å². The van der Waals surface area contributed by atoms with Crippen LogP contribution in [0.4, 0.5) is 5.69 Å². The minimum atomic E-state index is -0.785. The van der Waals surface area contributed by atoms with E-state index >= 15 is 0 Å². The normalized spacial score (nSPS) is 39.0. The molecule has 2 aliphatic carbocycles. The second-order valence-corrected chi connectivity index (χ2v) is 7.86. The molecule has 1 amide bonds. The molecule has 3 aliphatic rings. The number of likely N-dealkylation sites (tertiary alicyclic amines) is 1. The number of nitro groups is 1. The molecule has 4 rings (SSSR count). The largest absolute Gasteiger partial charge is 0.319 e. The molecular formula is C18H19N3O3. The summed E-state index contributed by atoms with van der Waals surface area (Å²) in [6, 6.07) is 8.27. The van der Waals surface area contributed by atoms with Crippen LogP contribution in [0, 0.1) is 38.2 Å². The molecule has 1 heterocycles. The van der Waals surface area contributed by atoms with Crippen molar-refractivity contribution in [3.05, 3.63) is 39.9 Å². The van der Waals surface area contributed by atoms with Crippen molar-refractivity contribution in [2.75, 3.05) is 6.54 Å². The van der Waals surface area contributed by atoms with Gasteiger partial charge in [0.1, 0.15) is 5.54 Å². The second kappa shape index (κ2) is 4.35. The van der Waals surface area contributed by atoms with Gasteiger partial charge in [-0.25, -0.2) is 0 Å². The zero-order valence-corrected chi connectivity index (χ0v) is 13.8.